The molecule has 6 heteroatoms. The van der Waals surface area contributed by atoms with Gasteiger partial charge in [0.2, 0.25) is 5.91 Å². The van der Waals surface area contributed by atoms with Gasteiger partial charge in [0.1, 0.15) is 0 Å². The number of amides is 1. The summed E-state index contributed by atoms with van der Waals surface area (Å²) >= 11 is 0. The van der Waals surface area contributed by atoms with E-state index < -0.39 is 0 Å². The molecule has 2 fully saturated rings. The summed E-state index contributed by atoms with van der Waals surface area (Å²) < 4.78 is 0. The van der Waals surface area contributed by atoms with Crippen LogP contribution in [0.25, 0.3) is 0 Å². The van der Waals surface area contributed by atoms with Gasteiger partial charge in [0.25, 0.3) is 0 Å². The molecule has 0 aromatic rings. The number of guanidine groups is 1. The normalized spacial score (nSPS) is 24.7. The van der Waals surface area contributed by atoms with Crippen LogP contribution in [0.4, 0.5) is 0 Å². The van der Waals surface area contributed by atoms with E-state index in [1.165, 1.54) is 32.1 Å². The molecule has 1 aliphatic heterocycles. The fraction of sp³-hybridized carbons (Fsp3) is 0.900. The lowest BCUT2D eigenvalue weighted by molar-refractivity contribution is -0.121. The lowest BCUT2D eigenvalue weighted by Crippen LogP contribution is -2.46. The summed E-state index contributed by atoms with van der Waals surface area (Å²) in [5.41, 5.74) is 0. The van der Waals surface area contributed by atoms with Crippen molar-refractivity contribution in [1.29, 1.82) is 0 Å². The summed E-state index contributed by atoms with van der Waals surface area (Å²) in [6, 6.07) is 0. The molecule has 2 rings (SSSR count). The highest BCUT2D eigenvalue weighted by atomic mass is 127. The van der Waals surface area contributed by atoms with Crippen LogP contribution in [0, 0.1) is 17.8 Å². The van der Waals surface area contributed by atoms with Gasteiger partial charge in [-0.05, 0) is 50.4 Å². The van der Waals surface area contributed by atoms with Crippen molar-refractivity contribution in [2.45, 2.75) is 65.2 Å². The van der Waals surface area contributed by atoms with E-state index in [1.807, 2.05) is 0 Å². The maximum Gasteiger partial charge on any atom is 0.220 e. The van der Waals surface area contributed by atoms with Crippen molar-refractivity contribution in [2.24, 2.45) is 22.7 Å². The topological polar surface area (TPSA) is 56.7 Å². The SMILES string of the molecule is CCNC(=NCC1CCC(CC)CC1)N1CCC(CC(=O)NC)CC1.I. The molecule has 2 aliphatic rings. The van der Waals surface area contributed by atoms with Crippen LogP contribution in [0.2, 0.25) is 0 Å². The van der Waals surface area contributed by atoms with Crippen LogP contribution in [0.5, 0.6) is 0 Å². The maximum atomic E-state index is 11.6. The molecular weight excluding hydrogens is 439 g/mol. The summed E-state index contributed by atoms with van der Waals surface area (Å²) in [5.74, 6) is 3.48. The van der Waals surface area contributed by atoms with Crippen LogP contribution < -0.4 is 10.6 Å². The quantitative estimate of drug-likeness (QED) is 0.348. The summed E-state index contributed by atoms with van der Waals surface area (Å²) in [6.45, 7) is 8.36. The smallest absolute Gasteiger partial charge is 0.220 e. The molecule has 0 bridgehead atoms. The Morgan fingerprint density at radius 2 is 1.62 bits per heavy atom. The Bertz CT molecular complexity index is 428. The molecule has 0 unspecified atom stereocenters. The summed E-state index contributed by atoms with van der Waals surface area (Å²) in [6.07, 6.45) is 9.63. The highest BCUT2D eigenvalue weighted by Gasteiger charge is 2.24. The predicted octanol–water partition coefficient (Wildman–Crippen LogP) is 3.63. The molecule has 0 atom stereocenters. The van der Waals surface area contributed by atoms with Crippen molar-refractivity contribution < 1.29 is 4.79 Å². The van der Waals surface area contributed by atoms with Gasteiger partial charge in [0.15, 0.2) is 5.96 Å². The van der Waals surface area contributed by atoms with Gasteiger partial charge < -0.3 is 15.5 Å². The first-order chi connectivity index (χ1) is 12.2. The molecule has 1 saturated carbocycles. The highest BCUT2D eigenvalue weighted by Crippen LogP contribution is 2.30. The zero-order chi connectivity index (χ0) is 18.1. The minimum Gasteiger partial charge on any atom is -0.359 e. The Kier molecular flexibility index (Phi) is 11.6. The molecule has 1 saturated heterocycles. The molecule has 5 nitrogen and oxygen atoms in total. The van der Waals surface area contributed by atoms with Crippen molar-refractivity contribution in [3.63, 3.8) is 0 Å². The monoisotopic (exact) mass is 478 g/mol. The van der Waals surface area contributed by atoms with Crippen LogP contribution in [-0.4, -0.2) is 50.0 Å². The first kappa shape index (κ1) is 23.5. The molecule has 0 aromatic heterocycles. The van der Waals surface area contributed by atoms with E-state index in [2.05, 4.69) is 29.4 Å². The molecule has 1 aliphatic carbocycles. The second-order valence-corrected chi connectivity index (χ2v) is 7.80. The number of hydrogen-bond donors (Lipinski definition) is 2. The van der Waals surface area contributed by atoms with Crippen LogP contribution >= 0.6 is 24.0 Å². The van der Waals surface area contributed by atoms with Gasteiger partial charge in [-0.15, -0.1) is 24.0 Å². The Morgan fingerprint density at radius 3 is 2.15 bits per heavy atom. The van der Waals surface area contributed by atoms with Gasteiger partial charge in [-0.1, -0.05) is 26.2 Å². The van der Waals surface area contributed by atoms with Crippen LogP contribution in [-0.2, 0) is 4.79 Å². The zero-order valence-electron chi connectivity index (χ0n) is 16.9. The van der Waals surface area contributed by atoms with Crippen LogP contribution in [0.15, 0.2) is 4.99 Å². The molecule has 26 heavy (non-hydrogen) atoms. The van der Waals surface area contributed by atoms with Crippen LogP contribution in [0.1, 0.15) is 65.2 Å². The molecule has 152 valence electrons. The van der Waals surface area contributed by atoms with Gasteiger partial charge in [-0.2, -0.15) is 0 Å². The van der Waals surface area contributed by atoms with E-state index >= 15 is 0 Å². The molecule has 0 radical (unpaired) electrons. The second kappa shape index (κ2) is 12.8. The Labute approximate surface area is 177 Å². The first-order valence-corrected chi connectivity index (χ1v) is 10.4. The number of aliphatic imine (C=N–C) groups is 1. The molecule has 2 N–H and O–H groups in total. The minimum atomic E-state index is 0. The third kappa shape index (κ3) is 7.61. The average Bonchev–Trinajstić information content (AvgIpc) is 2.66. The molecule has 1 heterocycles. The summed E-state index contributed by atoms with van der Waals surface area (Å²) in [4.78, 5) is 18.9. The number of piperidine rings is 1. The first-order valence-electron chi connectivity index (χ1n) is 10.4. The number of rotatable bonds is 6. The fourth-order valence-corrected chi connectivity index (χ4v) is 4.18. The minimum absolute atomic E-state index is 0. The molecule has 0 aromatic carbocycles. The van der Waals surface area contributed by atoms with Crippen molar-refractivity contribution in [3.8, 4) is 0 Å². The van der Waals surface area contributed by atoms with Gasteiger partial charge in [-0.3, -0.25) is 9.79 Å². The second-order valence-electron chi connectivity index (χ2n) is 7.80. The van der Waals surface area contributed by atoms with E-state index in [1.54, 1.807) is 7.05 Å². The number of hydrogen-bond acceptors (Lipinski definition) is 2. The zero-order valence-corrected chi connectivity index (χ0v) is 19.3. The number of carbonyl (C=O) groups excluding carboxylic acids is 1. The van der Waals surface area contributed by atoms with Crippen molar-refractivity contribution in [1.82, 2.24) is 15.5 Å². The number of carbonyl (C=O) groups is 1. The van der Waals surface area contributed by atoms with Crippen molar-refractivity contribution >= 4 is 35.8 Å². The maximum absolute atomic E-state index is 11.6. The lowest BCUT2D eigenvalue weighted by Gasteiger charge is -2.34. The fourth-order valence-electron chi connectivity index (χ4n) is 4.18. The van der Waals surface area contributed by atoms with E-state index in [0.717, 1.165) is 56.8 Å². The largest absolute Gasteiger partial charge is 0.359 e. The molecule has 1 amide bonds. The lowest BCUT2D eigenvalue weighted by atomic mass is 9.81. The predicted molar refractivity (Wildman–Crippen MR) is 120 cm³/mol. The van der Waals surface area contributed by atoms with E-state index in [9.17, 15) is 4.79 Å². The van der Waals surface area contributed by atoms with Crippen LogP contribution in [0.3, 0.4) is 0 Å². The van der Waals surface area contributed by atoms with Crippen molar-refractivity contribution in [3.05, 3.63) is 0 Å². The standard InChI is InChI=1S/C20H38N4O.HI/c1-4-16-6-8-18(9-7-16)15-23-20(22-5-2)24-12-10-17(11-13-24)14-19(25)21-3;/h16-18H,4-15H2,1-3H3,(H,21,25)(H,22,23);1H. The van der Waals surface area contributed by atoms with Gasteiger partial charge >= 0.3 is 0 Å². The number of nitrogens with zero attached hydrogens (tertiary/aromatic N) is 2. The third-order valence-electron chi connectivity index (χ3n) is 6.04. The summed E-state index contributed by atoms with van der Waals surface area (Å²) in [5, 5.41) is 6.22. The van der Waals surface area contributed by atoms with E-state index in [0.29, 0.717) is 12.3 Å². The van der Waals surface area contributed by atoms with Crippen molar-refractivity contribution in [2.75, 3.05) is 33.2 Å². The Balaban J connectivity index is 0.00000338. The van der Waals surface area contributed by atoms with Gasteiger partial charge in [-0.25, -0.2) is 0 Å². The third-order valence-corrected chi connectivity index (χ3v) is 6.04. The van der Waals surface area contributed by atoms with Gasteiger partial charge in [0, 0.05) is 39.6 Å². The average molecular weight is 478 g/mol. The number of nitrogens with one attached hydrogen (secondary N) is 2. The Morgan fingerprint density at radius 1 is 1.00 bits per heavy atom. The van der Waals surface area contributed by atoms with E-state index in [-0.39, 0.29) is 29.9 Å². The Hall–Kier alpha value is -0.530. The number of likely N-dealkylation sites (tertiary alicyclic amines) is 1. The highest BCUT2D eigenvalue weighted by molar-refractivity contribution is 14.0. The number of halogens is 1. The summed E-state index contributed by atoms with van der Waals surface area (Å²) in [7, 11) is 1.72. The van der Waals surface area contributed by atoms with E-state index in [4.69, 9.17) is 4.99 Å². The van der Waals surface area contributed by atoms with Gasteiger partial charge in [0.05, 0.1) is 0 Å². The molecular formula is C20H39IN4O. The molecule has 0 spiro atoms.